The molecule has 0 unspecified atom stereocenters. The first-order chi connectivity index (χ1) is 15.2. The number of carbonyl (C=O) groups is 3. The predicted octanol–water partition coefficient (Wildman–Crippen LogP) is 5.85. The number of ketones is 1. The summed E-state index contributed by atoms with van der Waals surface area (Å²) in [7, 11) is 0. The smallest absolute Gasteiger partial charge is 0.338 e. The van der Waals surface area contributed by atoms with Crippen LogP contribution >= 0.6 is 0 Å². The fourth-order valence-electron chi connectivity index (χ4n) is 7.64. The van der Waals surface area contributed by atoms with Gasteiger partial charge in [-0.2, -0.15) is 4.39 Å². The summed E-state index contributed by atoms with van der Waals surface area (Å²) in [6.45, 7) is 4.67. The second-order valence-electron chi connectivity index (χ2n) is 10.8. The van der Waals surface area contributed by atoms with Crippen LogP contribution in [0.15, 0.2) is 35.9 Å². The van der Waals surface area contributed by atoms with Gasteiger partial charge >= 0.3 is 12.0 Å². The quantitative estimate of drug-likeness (QED) is 0.438. The van der Waals surface area contributed by atoms with Crippen molar-refractivity contribution in [2.24, 2.45) is 28.6 Å². The van der Waals surface area contributed by atoms with Gasteiger partial charge in [0, 0.05) is 11.8 Å². The summed E-state index contributed by atoms with van der Waals surface area (Å²) in [6, 6.07) is 4.06. The third kappa shape index (κ3) is 3.27. The molecule has 0 radical (unpaired) electrons. The van der Waals surface area contributed by atoms with Gasteiger partial charge in [0.15, 0.2) is 5.78 Å². The number of hydrogen-bond donors (Lipinski definition) is 0. The van der Waals surface area contributed by atoms with Crippen LogP contribution in [0.4, 0.5) is 4.39 Å². The van der Waals surface area contributed by atoms with Crippen LogP contribution in [0.25, 0.3) is 0 Å². The van der Waals surface area contributed by atoms with Crippen LogP contribution in [0.2, 0.25) is 0 Å². The minimum atomic E-state index is -1.51. The van der Waals surface area contributed by atoms with Crippen molar-refractivity contribution in [3.8, 4) is 0 Å². The third-order valence-electron chi connectivity index (χ3n) is 9.47. The van der Waals surface area contributed by atoms with E-state index in [1.165, 1.54) is 29.8 Å². The Kier molecular flexibility index (Phi) is 5.14. The average molecular weight is 439 g/mol. The molecule has 0 N–H and O–H groups in total. The molecule has 170 valence electrons. The van der Waals surface area contributed by atoms with E-state index in [0.29, 0.717) is 29.7 Å². The van der Waals surface area contributed by atoms with Crippen LogP contribution in [0.1, 0.15) is 85.9 Å². The van der Waals surface area contributed by atoms with Gasteiger partial charge in [0.05, 0.1) is 11.1 Å². The molecule has 3 saturated carbocycles. The summed E-state index contributed by atoms with van der Waals surface area (Å²) in [5.74, 6) is 1.63. The monoisotopic (exact) mass is 438 g/mol. The molecule has 5 rings (SSSR count). The molecule has 0 bridgehead atoms. The standard InChI is InChI=1S/C27H31FO4/c1-26-13-11-19(29)15-18(26)7-8-20-21-9-10-23(27(21,2)14-12-22(20)26)32-25(31)17-5-3-16(4-6-17)24(28)30/h3-6,15,20-23H,7-14H2,1-2H3/t20-,21-,22-,23+,26-,27-/m0/s1. The zero-order chi connectivity index (χ0) is 22.7. The average Bonchev–Trinajstić information content (AvgIpc) is 3.10. The lowest BCUT2D eigenvalue weighted by molar-refractivity contribution is -0.118. The van der Waals surface area contributed by atoms with E-state index in [0.717, 1.165) is 44.9 Å². The first kappa shape index (κ1) is 21.5. The lowest BCUT2D eigenvalue weighted by Gasteiger charge is -2.57. The highest BCUT2D eigenvalue weighted by Crippen LogP contribution is 2.65. The van der Waals surface area contributed by atoms with Crippen molar-refractivity contribution < 1.29 is 23.5 Å². The lowest BCUT2D eigenvalue weighted by Crippen LogP contribution is -2.51. The first-order valence-electron chi connectivity index (χ1n) is 12.0. The summed E-state index contributed by atoms with van der Waals surface area (Å²) in [5, 5.41) is 0. The Balaban J connectivity index is 1.33. The number of fused-ring (bicyclic) bond motifs is 5. The van der Waals surface area contributed by atoms with Gasteiger partial charge < -0.3 is 4.74 Å². The van der Waals surface area contributed by atoms with Gasteiger partial charge in [-0.05, 0) is 98.5 Å². The molecule has 1 aromatic carbocycles. The maximum Gasteiger partial charge on any atom is 0.338 e. The zero-order valence-corrected chi connectivity index (χ0v) is 18.9. The summed E-state index contributed by atoms with van der Waals surface area (Å²) in [5.41, 5.74) is 1.77. The fraction of sp³-hybridized carbons (Fsp3) is 0.593. The molecule has 4 aliphatic rings. The van der Waals surface area contributed by atoms with Gasteiger partial charge in [0.25, 0.3) is 0 Å². The summed E-state index contributed by atoms with van der Waals surface area (Å²) in [6.07, 6.45) is 9.67. The van der Waals surface area contributed by atoms with Gasteiger partial charge in [0.1, 0.15) is 6.10 Å². The number of hydrogen-bond acceptors (Lipinski definition) is 4. The Labute approximate surface area is 188 Å². The second kappa shape index (κ2) is 7.64. The fourth-order valence-corrected chi connectivity index (χ4v) is 7.64. The van der Waals surface area contributed by atoms with Crippen molar-refractivity contribution in [3.05, 3.63) is 47.0 Å². The van der Waals surface area contributed by atoms with E-state index in [9.17, 15) is 18.8 Å². The molecule has 0 spiro atoms. The maximum absolute atomic E-state index is 12.8. The van der Waals surface area contributed by atoms with Crippen molar-refractivity contribution in [3.63, 3.8) is 0 Å². The molecule has 0 amide bonds. The van der Waals surface area contributed by atoms with Gasteiger partial charge in [0.2, 0.25) is 0 Å². The summed E-state index contributed by atoms with van der Waals surface area (Å²) < 4.78 is 18.9. The van der Waals surface area contributed by atoms with E-state index in [2.05, 4.69) is 13.8 Å². The zero-order valence-electron chi connectivity index (χ0n) is 18.9. The Hall–Kier alpha value is -2.30. The molecule has 5 heteroatoms. The molecule has 32 heavy (non-hydrogen) atoms. The summed E-state index contributed by atoms with van der Waals surface area (Å²) >= 11 is 0. The molecule has 1 aromatic rings. The second-order valence-corrected chi connectivity index (χ2v) is 10.8. The number of esters is 1. The minimum absolute atomic E-state index is 0.0340. The molecular weight excluding hydrogens is 407 g/mol. The molecule has 3 fully saturated rings. The van der Waals surface area contributed by atoms with Crippen LogP contribution in [0.3, 0.4) is 0 Å². The van der Waals surface area contributed by atoms with Crippen LogP contribution in [0, 0.1) is 28.6 Å². The summed E-state index contributed by atoms with van der Waals surface area (Å²) in [4.78, 5) is 35.7. The number of benzene rings is 1. The van der Waals surface area contributed by atoms with Crippen molar-refractivity contribution >= 4 is 17.8 Å². The van der Waals surface area contributed by atoms with Crippen molar-refractivity contribution in [2.45, 2.75) is 71.3 Å². The van der Waals surface area contributed by atoms with Crippen LogP contribution in [0.5, 0.6) is 0 Å². The first-order valence-corrected chi connectivity index (χ1v) is 12.0. The third-order valence-corrected chi connectivity index (χ3v) is 9.47. The highest BCUT2D eigenvalue weighted by atomic mass is 19.1. The van der Waals surface area contributed by atoms with Gasteiger partial charge in [-0.15, -0.1) is 0 Å². The SMILES string of the molecule is C[C@]12CC[C@H]3[C@@H](CCC4=CC(=O)CC[C@@]43C)[C@@H]1CC[C@H]2OC(=O)c1ccc(C(=O)F)cc1. The topological polar surface area (TPSA) is 60.4 Å². The minimum Gasteiger partial charge on any atom is -0.458 e. The van der Waals surface area contributed by atoms with Crippen molar-refractivity contribution in [1.29, 1.82) is 0 Å². The van der Waals surface area contributed by atoms with E-state index < -0.39 is 12.0 Å². The molecule has 4 nitrogen and oxygen atoms in total. The van der Waals surface area contributed by atoms with E-state index in [-0.39, 0.29) is 28.3 Å². The van der Waals surface area contributed by atoms with Gasteiger partial charge in [-0.3, -0.25) is 9.59 Å². The molecule has 0 aliphatic heterocycles. The van der Waals surface area contributed by atoms with Crippen molar-refractivity contribution in [1.82, 2.24) is 0 Å². The Morgan fingerprint density at radius 3 is 2.38 bits per heavy atom. The van der Waals surface area contributed by atoms with Crippen LogP contribution < -0.4 is 0 Å². The molecule has 0 saturated heterocycles. The molecule has 0 heterocycles. The van der Waals surface area contributed by atoms with Crippen molar-refractivity contribution in [2.75, 3.05) is 0 Å². The van der Waals surface area contributed by atoms with Crippen LogP contribution in [-0.2, 0) is 9.53 Å². The maximum atomic E-state index is 12.8. The highest BCUT2D eigenvalue weighted by molar-refractivity contribution is 5.93. The largest absolute Gasteiger partial charge is 0.458 e. The number of rotatable bonds is 3. The van der Waals surface area contributed by atoms with Gasteiger partial charge in [-0.25, -0.2) is 4.79 Å². The lowest BCUT2D eigenvalue weighted by atomic mass is 9.47. The van der Waals surface area contributed by atoms with Gasteiger partial charge in [-0.1, -0.05) is 19.4 Å². The van der Waals surface area contributed by atoms with E-state index in [1.54, 1.807) is 0 Å². The van der Waals surface area contributed by atoms with E-state index in [1.807, 2.05) is 6.08 Å². The number of ether oxygens (including phenoxy) is 1. The van der Waals surface area contributed by atoms with E-state index >= 15 is 0 Å². The molecule has 0 aromatic heterocycles. The number of halogens is 1. The Morgan fingerprint density at radius 1 is 0.938 bits per heavy atom. The van der Waals surface area contributed by atoms with Crippen LogP contribution in [-0.4, -0.2) is 23.9 Å². The van der Waals surface area contributed by atoms with E-state index in [4.69, 9.17) is 4.74 Å². The predicted molar refractivity (Wildman–Crippen MR) is 118 cm³/mol. The molecule has 4 aliphatic carbocycles. The molecule has 6 atom stereocenters. The normalized spacial score (nSPS) is 38.2. The number of carbonyl (C=O) groups excluding carboxylic acids is 3. The Bertz CT molecular complexity index is 995. The molecular formula is C27H31FO4. The number of allylic oxidation sites excluding steroid dienone is 1. The highest BCUT2D eigenvalue weighted by Gasteiger charge is 2.60. The Morgan fingerprint density at radius 2 is 1.66 bits per heavy atom.